The van der Waals surface area contributed by atoms with Crippen molar-refractivity contribution in [1.82, 2.24) is 5.32 Å². The third kappa shape index (κ3) is 35.4. The maximum atomic E-state index is 13.3. The number of aliphatic hydroxyl groups is 5. The van der Waals surface area contributed by atoms with E-state index >= 15 is 0 Å². The van der Waals surface area contributed by atoms with Gasteiger partial charge in [-0.05, 0) is 57.8 Å². The van der Waals surface area contributed by atoms with E-state index in [9.17, 15) is 35.1 Å². The molecule has 8 unspecified atom stereocenters. The molecule has 1 heterocycles. The normalized spacial score (nSPS) is 20.1. The summed E-state index contributed by atoms with van der Waals surface area (Å²) < 4.78 is 17.6. The Hall–Kier alpha value is -2.38. The average molecular weight is 976 g/mol. The fraction of sp³-hybridized carbons (Fsp3) is 0.828. The summed E-state index contributed by atoms with van der Waals surface area (Å²) in [6.07, 6.45) is 44.4. The number of aliphatic hydroxyl groups excluding tert-OH is 5. The van der Waals surface area contributed by atoms with Gasteiger partial charge >= 0.3 is 5.97 Å². The molecular formula is C58H105NO10. The van der Waals surface area contributed by atoms with Crippen molar-refractivity contribution in [2.24, 2.45) is 0 Å². The second-order valence-electron chi connectivity index (χ2n) is 19.6. The summed E-state index contributed by atoms with van der Waals surface area (Å²) in [5.41, 5.74) is 0. The number of hydrogen-bond acceptors (Lipinski definition) is 10. The Morgan fingerprint density at radius 1 is 0.580 bits per heavy atom. The highest BCUT2D eigenvalue weighted by Crippen LogP contribution is 2.26. The van der Waals surface area contributed by atoms with Crippen molar-refractivity contribution >= 4 is 11.9 Å². The van der Waals surface area contributed by atoms with E-state index in [4.69, 9.17) is 14.2 Å². The summed E-state index contributed by atoms with van der Waals surface area (Å²) in [4.78, 5) is 26.4. The molecule has 1 aliphatic heterocycles. The van der Waals surface area contributed by atoms with E-state index in [0.717, 1.165) is 77.0 Å². The molecular weight excluding hydrogens is 871 g/mol. The van der Waals surface area contributed by atoms with E-state index in [1.807, 2.05) is 6.08 Å². The van der Waals surface area contributed by atoms with Gasteiger partial charge < -0.3 is 45.1 Å². The highest BCUT2D eigenvalue weighted by molar-refractivity contribution is 5.80. The van der Waals surface area contributed by atoms with Crippen molar-refractivity contribution in [2.75, 3.05) is 13.2 Å². The first-order chi connectivity index (χ1) is 33.7. The minimum Gasteiger partial charge on any atom is -0.454 e. The Kier molecular flexibility index (Phi) is 43.7. The molecule has 1 saturated heterocycles. The van der Waals surface area contributed by atoms with Crippen LogP contribution in [-0.2, 0) is 23.8 Å². The molecule has 11 heteroatoms. The first-order valence-corrected chi connectivity index (χ1v) is 28.4. The van der Waals surface area contributed by atoms with Crippen molar-refractivity contribution in [3.63, 3.8) is 0 Å². The predicted octanol–water partition coefficient (Wildman–Crippen LogP) is 12.5. The van der Waals surface area contributed by atoms with E-state index in [-0.39, 0.29) is 19.4 Å². The van der Waals surface area contributed by atoms with E-state index < -0.39 is 67.4 Å². The lowest BCUT2D eigenvalue weighted by molar-refractivity contribution is -0.305. The van der Waals surface area contributed by atoms with Crippen LogP contribution in [0.2, 0.25) is 0 Å². The van der Waals surface area contributed by atoms with Gasteiger partial charge in [0.1, 0.15) is 24.4 Å². The second-order valence-corrected chi connectivity index (χ2v) is 19.6. The van der Waals surface area contributed by atoms with Gasteiger partial charge in [-0.1, -0.05) is 230 Å². The molecule has 1 fully saturated rings. The average Bonchev–Trinajstić information content (AvgIpc) is 3.34. The number of nitrogens with one attached hydrogen (secondary N) is 1. The van der Waals surface area contributed by atoms with Gasteiger partial charge in [0.2, 0.25) is 5.91 Å². The lowest BCUT2D eigenvalue weighted by Gasteiger charge is -2.41. The molecule has 8 atom stereocenters. The lowest BCUT2D eigenvalue weighted by atomic mass is 9.99. The molecule has 0 aromatic carbocycles. The predicted molar refractivity (Wildman–Crippen MR) is 283 cm³/mol. The number of carbonyl (C=O) groups is 2. The maximum absolute atomic E-state index is 13.3. The van der Waals surface area contributed by atoms with Crippen LogP contribution in [-0.4, -0.2) is 99.6 Å². The monoisotopic (exact) mass is 976 g/mol. The van der Waals surface area contributed by atoms with Crippen LogP contribution in [0.1, 0.15) is 245 Å². The van der Waals surface area contributed by atoms with Crippen molar-refractivity contribution in [1.29, 1.82) is 0 Å². The lowest BCUT2D eigenvalue weighted by Crippen LogP contribution is -2.61. The number of unbranched alkanes of at least 4 members (excludes halogenated alkanes) is 27. The topological polar surface area (TPSA) is 175 Å². The van der Waals surface area contributed by atoms with Crippen LogP contribution in [0.25, 0.3) is 0 Å². The molecule has 11 nitrogen and oxygen atoms in total. The zero-order valence-corrected chi connectivity index (χ0v) is 44.2. The number of hydrogen-bond donors (Lipinski definition) is 6. The van der Waals surface area contributed by atoms with Gasteiger partial charge in [0.05, 0.1) is 25.4 Å². The number of esters is 1. The van der Waals surface area contributed by atoms with Gasteiger partial charge in [0.15, 0.2) is 12.4 Å². The maximum Gasteiger partial charge on any atom is 0.306 e. The van der Waals surface area contributed by atoms with Crippen LogP contribution >= 0.6 is 0 Å². The van der Waals surface area contributed by atoms with Gasteiger partial charge in [-0.25, -0.2) is 0 Å². The quantitative estimate of drug-likeness (QED) is 0.0196. The third-order valence-electron chi connectivity index (χ3n) is 13.2. The Morgan fingerprint density at radius 2 is 1.04 bits per heavy atom. The van der Waals surface area contributed by atoms with Gasteiger partial charge in [-0.15, -0.1) is 0 Å². The fourth-order valence-corrected chi connectivity index (χ4v) is 8.72. The molecule has 0 bridgehead atoms. The van der Waals surface area contributed by atoms with Gasteiger partial charge in [-0.2, -0.15) is 0 Å². The van der Waals surface area contributed by atoms with Crippen LogP contribution < -0.4 is 5.32 Å². The SMILES string of the molecule is CC/C=C/C/C=C/C/C=C/CCCCCC(O)C(=O)NC(COC1OC(CO)C(O)C(O)C1OC(=O)CCCCCCCCCCCCCCCCC)C(O)/C=C/CCCCCCCCCCCC. The van der Waals surface area contributed by atoms with E-state index in [0.29, 0.717) is 12.8 Å². The summed E-state index contributed by atoms with van der Waals surface area (Å²) in [7, 11) is 0. The Balaban J connectivity index is 2.75. The van der Waals surface area contributed by atoms with Crippen molar-refractivity contribution in [3.8, 4) is 0 Å². The zero-order chi connectivity index (χ0) is 50.4. The first-order valence-electron chi connectivity index (χ1n) is 28.4. The number of allylic oxidation sites excluding steroid dienone is 7. The van der Waals surface area contributed by atoms with Crippen LogP contribution in [0.15, 0.2) is 48.6 Å². The van der Waals surface area contributed by atoms with E-state index in [1.165, 1.54) is 122 Å². The van der Waals surface area contributed by atoms with Crippen molar-refractivity contribution < 1.29 is 49.3 Å². The standard InChI is InChI=1S/C58H105NO10/c1-4-7-10-13-16-19-22-25-26-28-31-34-37-40-43-46-53(63)69-56-55(65)54(64)52(47-60)68-58(56)67-48-49(50(61)44-41-38-35-32-29-24-21-18-15-12-9-6-3)59-57(66)51(62)45-42-39-36-33-30-27-23-20-17-14-11-8-5-2/h8,11,17,20,27,30,41,44,49-52,54-56,58,60-62,64-65H,4-7,9-10,12-16,18-19,21-26,28-29,31-40,42-43,45-48H2,1-3H3,(H,59,66)/b11-8+,20-17+,30-27+,44-41+. The molecule has 1 aliphatic rings. The largest absolute Gasteiger partial charge is 0.454 e. The zero-order valence-electron chi connectivity index (χ0n) is 44.2. The van der Waals surface area contributed by atoms with Crippen LogP contribution in [0.5, 0.6) is 0 Å². The van der Waals surface area contributed by atoms with Gasteiger partial charge in [0.25, 0.3) is 0 Å². The Bertz CT molecular complexity index is 1300. The highest BCUT2D eigenvalue weighted by atomic mass is 16.7. The van der Waals surface area contributed by atoms with Gasteiger partial charge in [-0.3, -0.25) is 9.59 Å². The van der Waals surface area contributed by atoms with Crippen LogP contribution in [0, 0.1) is 0 Å². The molecule has 6 N–H and O–H groups in total. The van der Waals surface area contributed by atoms with Crippen molar-refractivity contribution in [2.45, 2.75) is 294 Å². The molecule has 0 radical (unpaired) electrons. The van der Waals surface area contributed by atoms with Gasteiger partial charge in [0, 0.05) is 6.42 Å². The second kappa shape index (κ2) is 46.7. The molecule has 0 aromatic heterocycles. The summed E-state index contributed by atoms with van der Waals surface area (Å²) in [5, 5.41) is 56.7. The number of amides is 1. The first kappa shape index (κ1) is 64.6. The molecule has 0 aromatic rings. The minimum atomic E-state index is -1.61. The smallest absolute Gasteiger partial charge is 0.306 e. The number of rotatable bonds is 47. The Labute approximate surface area is 421 Å². The summed E-state index contributed by atoms with van der Waals surface area (Å²) in [6.45, 7) is 5.65. The minimum absolute atomic E-state index is 0.124. The van der Waals surface area contributed by atoms with Crippen molar-refractivity contribution in [3.05, 3.63) is 48.6 Å². The summed E-state index contributed by atoms with van der Waals surface area (Å²) >= 11 is 0. The molecule has 1 rings (SSSR count). The summed E-state index contributed by atoms with van der Waals surface area (Å²) in [6, 6.07) is -1.03. The molecule has 0 spiro atoms. The Morgan fingerprint density at radius 3 is 1.57 bits per heavy atom. The van der Waals surface area contributed by atoms with Crippen LogP contribution in [0.4, 0.5) is 0 Å². The third-order valence-corrected chi connectivity index (χ3v) is 13.2. The van der Waals surface area contributed by atoms with E-state index in [2.05, 4.69) is 62.5 Å². The molecule has 1 amide bonds. The molecule has 0 saturated carbocycles. The molecule has 0 aliphatic carbocycles. The molecule has 69 heavy (non-hydrogen) atoms. The van der Waals surface area contributed by atoms with E-state index in [1.54, 1.807) is 6.08 Å². The summed E-state index contributed by atoms with van der Waals surface area (Å²) in [5.74, 6) is -1.21. The molecule has 402 valence electrons. The number of carbonyl (C=O) groups excluding carboxylic acids is 2. The van der Waals surface area contributed by atoms with Crippen LogP contribution in [0.3, 0.4) is 0 Å². The fourth-order valence-electron chi connectivity index (χ4n) is 8.72. The highest BCUT2D eigenvalue weighted by Gasteiger charge is 2.47. The number of ether oxygens (including phenoxy) is 3.